The van der Waals surface area contributed by atoms with Crippen molar-refractivity contribution in [3.05, 3.63) is 51.4 Å². The molecule has 0 fully saturated rings. The van der Waals surface area contributed by atoms with Gasteiger partial charge in [0.25, 0.3) is 11.6 Å². The van der Waals surface area contributed by atoms with Crippen LogP contribution in [0.1, 0.15) is 16.8 Å². The Bertz CT molecular complexity index is 598. The Hall–Kier alpha value is -2.88. The van der Waals surface area contributed by atoms with Crippen molar-refractivity contribution in [2.24, 2.45) is 0 Å². The smallest absolute Gasteiger partial charge is 0.269 e. The van der Waals surface area contributed by atoms with E-state index < -0.39 is 10.8 Å². The highest BCUT2D eigenvalue weighted by molar-refractivity contribution is 5.95. The number of ether oxygens (including phenoxy) is 1. The summed E-state index contributed by atoms with van der Waals surface area (Å²) in [6, 6.07) is 7.11. The number of carbonyl (C=O) groups is 1. The van der Waals surface area contributed by atoms with E-state index in [1.54, 1.807) is 0 Å². The minimum absolute atomic E-state index is 0.0920. The van der Waals surface area contributed by atoms with Gasteiger partial charge in [0.15, 0.2) is 0 Å². The maximum atomic E-state index is 11.8. The van der Waals surface area contributed by atoms with Crippen LogP contribution in [-0.4, -0.2) is 17.4 Å². The van der Waals surface area contributed by atoms with E-state index in [1.165, 1.54) is 24.3 Å². The average molecular weight is 259 g/mol. The van der Waals surface area contributed by atoms with Crippen LogP contribution in [0.25, 0.3) is 0 Å². The molecule has 1 aromatic carbocycles. The molecule has 0 aliphatic carbocycles. The molecule has 1 aliphatic heterocycles. The quantitative estimate of drug-likeness (QED) is 0.653. The van der Waals surface area contributed by atoms with E-state index in [9.17, 15) is 14.9 Å². The van der Waals surface area contributed by atoms with E-state index in [0.29, 0.717) is 18.6 Å². The summed E-state index contributed by atoms with van der Waals surface area (Å²) in [5.41, 5.74) is 0.548. The molecule has 0 saturated heterocycles. The molecule has 1 heterocycles. The van der Waals surface area contributed by atoms with Crippen molar-refractivity contribution in [1.29, 1.82) is 5.26 Å². The largest absolute Gasteiger partial charge is 0.478 e. The fourth-order valence-electron chi connectivity index (χ4n) is 1.58. The first-order valence-electron chi connectivity index (χ1n) is 5.43. The van der Waals surface area contributed by atoms with E-state index in [2.05, 4.69) is 5.32 Å². The van der Waals surface area contributed by atoms with Crippen LogP contribution >= 0.6 is 0 Å². The standard InChI is InChI=1S/C12H9N3O4/c13-7-9-5-6-19-12(9)14-11(16)8-1-3-10(4-2-8)15(17)18/h1-4H,5-6H2,(H,14,16). The Morgan fingerprint density at radius 1 is 1.42 bits per heavy atom. The van der Waals surface area contributed by atoms with Gasteiger partial charge < -0.3 is 4.74 Å². The molecule has 0 unspecified atom stereocenters. The lowest BCUT2D eigenvalue weighted by atomic mass is 10.2. The van der Waals surface area contributed by atoms with Crippen LogP contribution in [0.4, 0.5) is 5.69 Å². The van der Waals surface area contributed by atoms with Crippen LogP contribution in [0.3, 0.4) is 0 Å². The number of nitrogens with one attached hydrogen (secondary N) is 1. The van der Waals surface area contributed by atoms with Gasteiger partial charge in [-0.2, -0.15) is 5.26 Å². The molecule has 1 amide bonds. The van der Waals surface area contributed by atoms with Gasteiger partial charge in [-0.25, -0.2) is 0 Å². The van der Waals surface area contributed by atoms with Crippen molar-refractivity contribution >= 4 is 11.6 Å². The van der Waals surface area contributed by atoms with Gasteiger partial charge in [0.05, 0.1) is 17.1 Å². The molecule has 96 valence electrons. The summed E-state index contributed by atoms with van der Waals surface area (Å²) >= 11 is 0. The Kier molecular flexibility index (Phi) is 3.43. The maximum absolute atomic E-state index is 11.8. The minimum Gasteiger partial charge on any atom is -0.478 e. The second-order valence-corrected chi connectivity index (χ2v) is 3.78. The van der Waals surface area contributed by atoms with Gasteiger partial charge >= 0.3 is 0 Å². The van der Waals surface area contributed by atoms with Crippen molar-refractivity contribution in [3.63, 3.8) is 0 Å². The number of hydrogen-bond acceptors (Lipinski definition) is 5. The van der Waals surface area contributed by atoms with Crippen molar-refractivity contribution < 1.29 is 14.5 Å². The molecule has 2 rings (SSSR count). The van der Waals surface area contributed by atoms with Crippen LogP contribution in [0.5, 0.6) is 0 Å². The van der Waals surface area contributed by atoms with Crippen LogP contribution < -0.4 is 5.32 Å². The third-order valence-corrected chi connectivity index (χ3v) is 2.57. The molecule has 1 aliphatic rings. The molecule has 0 aromatic heterocycles. The number of non-ortho nitro benzene ring substituents is 1. The van der Waals surface area contributed by atoms with Crippen molar-refractivity contribution in [1.82, 2.24) is 5.32 Å². The zero-order chi connectivity index (χ0) is 13.8. The minimum atomic E-state index is -0.544. The van der Waals surface area contributed by atoms with E-state index in [4.69, 9.17) is 10.00 Å². The molecule has 7 heteroatoms. The fourth-order valence-corrected chi connectivity index (χ4v) is 1.58. The van der Waals surface area contributed by atoms with E-state index in [0.717, 1.165) is 0 Å². The molecule has 0 radical (unpaired) electrons. The highest BCUT2D eigenvalue weighted by atomic mass is 16.6. The Morgan fingerprint density at radius 3 is 2.68 bits per heavy atom. The summed E-state index contributed by atoms with van der Waals surface area (Å²) < 4.78 is 5.13. The maximum Gasteiger partial charge on any atom is 0.269 e. The van der Waals surface area contributed by atoms with Gasteiger partial charge in [0, 0.05) is 24.1 Å². The molecule has 1 aromatic rings. The van der Waals surface area contributed by atoms with Crippen LogP contribution in [0, 0.1) is 21.4 Å². The summed E-state index contributed by atoms with van der Waals surface area (Å²) in [6.45, 7) is 0.360. The van der Waals surface area contributed by atoms with Gasteiger partial charge in [-0.15, -0.1) is 0 Å². The Labute approximate surface area is 108 Å². The molecule has 0 bridgehead atoms. The number of hydrogen-bond donors (Lipinski definition) is 1. The summed E-state index contributed by atoms with van der Waals surface area (Å²) in [6.07, 6.45) is 0.465. The molecule has 1 N–H and O–H groups in total. The van der Waals surface area contributed by atoms with E-state index in [-0.39, 0.29) is 17.1 Å². The number of nitro groups is 1. The van der Waals surface area contributed by atoms with Crippen LogP contribution in [0.2, 0.25) is 0 Å². The van der Waals surface area contributed by atoms with Gasteiger partial charge in [0.1, 0.15) is 6.07 Å². The second kappa shape index (κ2) is 5.18. The fraction of sp³-hybridized carbons (Fsp3) is 0.167. The highest BCUT2D eigenvalue weighted by Gasteiger charge is 2.19. The summed E-state index contributed by atoms with van der Waals surface area (Å²) in [7, 11) is 0. The first kappa shape index (κ1) is 12.6. The van der Waals surface area contributed by atoms with Gasteiger partial charge in [-0.1, -0.05) is 0 Å². The number of nitriles is 1. The van der Waals surface area contributed by atoms with Gasteiger partial charge in [-0.05, 0) is 12.1 Å². The highest BCUT2D eigenvalue weighted by Crippen LogP contribution is 2.17. The van der Waals surface area contributed by atoms with Gasteiger partial charge in [-0.3, -0.25) is 20.2 Å². The number of nitro benzene ring substituents is 1. The number of carbonyl (C=O) groups excluding carboxylic acids is 1. The van der Waals surface area contributed by atoms with Crippen LogP contribution in [0.15, 0.2) is 35.7 Å². The zero-order valence-electron chi connectivity index (χ0n) is 9.75. The molecular weight excluding hydrogens is 250 g/mol. The number of rotatable bonds is 3. The van der Waals surface area contributed by atoms with E-state index in [1.807, 2.05) is 6.07 Å². The second-order valence-electron chi connectivity index (χ2n) is 3.78. The predicted octanol–water partition coefficient (Wildman–Crippen LogP) is 1.48. The topological polar surface area (TPSA) is 105 Å². The van der Waals surface area contributed by atoms with Gasteiger partial charge in [0.2, 0.25) is 5.88 Å². The molecule has 0 atom stereocenters. The molecule has 19 heavy (non-hydrogen) atoms. The number of amides is 1. The van der Waals surface area contributed by atoms with E-state index >= 15 is 0 Å². The SMILES string of the molecule is N#CC1=C(NC(=O)c2ccc([N+](=O)[O-])cc2)OCC1. The average Bonchev–Trinajstić information content (AvgIpc) is 2.86. The zero-order valence-corrected chi connectivity index (χ0v) is 9.75. The molecule has 0 saturated carbocycles. The third-order valence-electron chi connectivity index (χ3n) is 2.57. The molecule has 0 spiro atoms. The number of benzene rings is 1. The van der Waals surface area contributed by atoms with Crippen molar-refractivity contribution in [2.45, 2.75) is 6.42 Å². The normalized spacial score (nSPS) is 13.6. The molecular formula is C12H9N3O4. The summed E-state index contributed by atoms with van der Waals surface area (Å²) in [5.74, 6) is -0.314. The van der Waals surface area contributed by atoms with Crippen LogP contribution in [-0.2, 0) is 4.74 Å². The number of nitrogens with zero attached hydrogens (tertiary/aromatic N) is 2. The molecule has 7 nitrogen and oxygen atoms in total. The summed E-state index contributed by atoms with van der Waals surface area (Å²) in [4.78, 5) is 21.8. The van der Waals surface area contributed by atoms with Crippen molar-refractivity contribution in [3.8, 4) is 6.07 Å². The Morgan fingerprint density at radius 2 is 2.11 bits per heavy atom. The first-order valence-corrected chi connectivity index (χ1v) is 5.43. The monoisotopic (exact) mass is 259 g/mol. The lowest BCUT2D eigenvalue weighted by molar-refractivity contribution is -0.384. The first-order chi connectivity index (χ1) is 9.11. The predicted molar refractivity (Wildman–Crippen MR) is 63.8 cm³/mol. The summed E-state index contributed by atoms with van der Waals surface area (Å²) in [5, 5.41) is 21.8. The Balaban J connectivity index is 2.13. The van der Waals surface area contributed by atoms with Crippen molar-refractivity contribution in [2.75, 3.05) is 6.61 Å². The third kappa shape index (κ3) is 2.69. The lowest BCUT2D eigenvalue weighted by Crippen LogP contribution is -2.23. The lowest BCUT2D eigenvalue weighted by Gasteiger charge is -2.06.